The van der Waals surface area contributed by atoms with Crippen molar-refractivity contribution in [1.82, 2.24) is 4.98 Å². The number of oxazole rings is 1. The fourth-order valence-corrected chi connectivity index (χ4v) is 1.89. The molecule has 1 heterocycles. The molecule has 0 atom stereocenters. The van der Waals surface area contributed by atoms with E-state index in [-0.39, 0.29) is 35.6 Å². The number of halogens is 3. The van der Waals surface area contributed by atoms with Crippen LogP contribution in [0.1, 0.15) is 12.8 Å². The molecule has 1 fully saturated rings. The third-order valence-corrected chi connectivity index (χ3v) is 3.22. The molecule has 1 N–H and O–H groups in total. The SMILES string of the molecule is O=[N+]([O-])c1ccc2nc(NC3(C(F)(F)F)CC3)oc2c1. The standard InChI is InChI=1S/C11H8F3N3O3/c12-11(13,14)10(3-4-10)16-9-15-7-2-1-6(17(18)19)5-8(7)20-9/h1-2,5H,3-4H2,(H,15,16). The Morgan fingerprint density at radius 1 is 1.40 bits per heavy atom. The van der Waals surface area contributed by atoms with Crippen LogP contribution in [0.25, 0.3) is 11.1 Å². The van der Waals surface area contributed by atoms with Crippen LogP contribution in [0.5, 0.6) is 0 Å². The van der Waals surface area contributed by atoms with Crippen LogP contribution in [-0.2, 0) is 0 Å². The molecule has 6 nitrogen and oxygen atoms in total. The smallest absolute Gasteiger partial charge is 0.411 e. The lowest BCUT2D eigenvalue weighted by Gasteiger charge is -2.19. The van der Waals surface area contributed by atoms with Crippen molar-refractivity contribution in [2.24, 2.45) is 0 Å². The third-order valence-electron chi connectivity index (χ3n) is 3.22. The van der Waals surface area contributed by atoms with E-state index < -0.39 is 16.6 Å². The van der Waals surface area contributed by atoms with Gasteiger partial charge < -0.3 is 9.73 Å². The molecule has 1 aliphatic rings. The zero-order valence-corrected chi connectivity index (χ0v) is 9.90. The second kappa shape index (κ2) is 3.84. The van der Waals surface area contributed by atoms with Crippen LogP contribution < -0.4 is 5.32 Å². The predicted molar refractivity (Wildman–Crippen MR) is 62.3 cm³/mol. The highest BCUT2D eigenvalue weighted by Gasteiger charge is 2.64. The number of nitro groups is 1. The largest absolute Gasteiger partial charge is 0.423 e. The number of non-ortho nitro benzene ring substituents is 1. The van der Waals surface area contributed by atoms with E-state index in [2.05, 4.69) is 10.3 Å². The number of rotatable bonds is 3. The minimum absolute atomic E-state index is 0.0463. The number of hydrogen-bond acceptors (Lipinski definition) is 5. The number of nitro benzene ring substituents is 1. The number of hydrogen-bond donors (Lipinski definition) is 1. The quantitative estimate of drug-likeness (QED) is 0.692. The summed E-state index contributed by atoms with van der Waals surface area (Å²) in [5.74, 6) is 0. The van der Waals surface area contributed by atoms with E-state index in [9.17, 15) is 23.3 Å². The van der Waals surface area contributed by atoms with E-state index in [0.717, 1.165) is 6.07 Å². The average Bonchev–Trinajstić information content (AvgIpc) is 3.02. The number of nitrogens with zero attached hydrogens (tertiary/aromatic N) is 2. The summed E-state index contributed by atoms with van der Waals surface area (Å²) >= 11 is 0. The van der Waals surface area contributed by atoms with Crippen LogP contribution >= 0.6 is 0 Å². The van der Waals surface area contributed by atoms with Crippen LogP contribution in [0.3, 0.4) is 0 Å². The van der Waals surface area contributed by atoms with Crippen molar-refractivity contribution in [3.05, 3.63) is 28.3 Å². The Balaban J connectivity index is 1.92. The lowest BCUT2D eigenvalue weighted by Crippen LogP contribution is -2.38. The Morgan fingerprint density at radius 3 is 2.65 bits per heavy atom. The van der Waals surface area contributed by atoms with Crippen molar-refractivity contribution in [2.75, 3.05) is 5.32 Å². The van der Waals surface area contributed by atoms with Gasteiger partial charge in [-0.1, -0.05) is 0 Å². The van der Waals surface area contributed by atoms with Gasteiger partial charge in [0.25, 0.3) is 11.7 Å². The van der Waals surface area contributed by atoms with Gasteiger partial charge in [-0.15, -0.1) is 0 Å². The first-order valence-electron chi connectivity index (χ1n) is 5.71. The average molecular weight is 287 g/mol. The summed E-state index contributed by atoms with van der Waals surface area (Å²) in [5, 5.41) is 12.8. The van der Waals surface area contributed by atoms with E-state index in [1.807, 2.05) is 0 Å². The Morgan fingerprint density at radius 2 is 2.10 bits per heavy atom. The molecule has 0 spiro atoms. The molecule has 1 saturated carbocycles. The van der Waals surface area contributed by atoms with E-state index in [4.69, 9.17) is 4.42 Å². The summed E-state index contributed by atoms with van der Waals surface area (Å²) in [6, 6.07) is 3.39. The summed E-state index contributed by atoms with van der Waals surface area (Å²) in [7, 11) is 0. The van der Waals surface area contributed by atoms with Crippen molar-refractivity contribution in [1.29, 1.82) is 0 Å². The Bertz CT molecular complexity index is 691. The number of benzene rings is 1. The minimum Gasteiger partial charge on any atom is -0.423 e. The Labute approximate surface area is 109 Å². The van der Waals surface area contributed by atoms with Gasteiger partial charge in [0.2, 0.25) is 0 Å². The Kier molecular flexibility index (Phi) is 2.44. The zero-order chi connectivity index (χ0) is 14.5. The van der Waals surface area contributed by atoms with E-state index in [0.29, 0.717) is 0 Å². The van der Waals surface area contributed by atoms with Gasteiger partial charge in [-0.2, -0.15) is 18.2 Å². The molecule has 20 heavy (non-hydrogen) atoms. The molecule has 0 unspecified atom stereocenters. The van der Waals surface area contributed by atoms with Gasteiger partial charge in [0.15, 0.2) is 5.58 Å². The first-order chi connectivity index (χ1) is 9.31. The van der Waals surface area contributed by atoms with Crippen LogP contribution in [0, 0.1) is 10.1 Å². The Hall–Kier alpha value is -2.32. The van der Waals surface area contributed by atoms with Crippen molar-refractivity contribution >= 4 is 22.8 Å². The molecule has 0 amide bonds. The number of anilines is 1. The summed E-state index contributed by atoms with van der Waals surface area (Å²) in [6.07, 6.45) is -4.48. The molecule has 9 heteroatoms. The maximum Gasteiger partial charge on any atom is 0.411 e. The fraction of sp³-hybridized carbons (Fsp3) is 0.364. The van der Waals surface area contributed by atoms with Gasteiger partial charge in [-0.3, -0.25) is 10.1 Å². The van der Waals surface area contributed by atoms with E-state index in [1.54, 1.807) is 0 Å². The number of nitrogens with one attached hydrogen (secondary N) is 1. The van der Waals surface area contributed by atoms with Crippen LogP contribution in [0.4, 0.5) is 24.9 Å². The number of fused-ring (bicyclic) bond motifs is 1. The molecule has 106 valence electrons. The van der Waals surface area contributed by atoms with Gasteiger partial charge in [0.05, 0.1) is 11.0 Å². The zero-order valence-electron chi connectivity index (χ0n) is 9.90. The van der Waals surface area contributed by atoms with Gasteiger partial charge in [0, 0.05) is 6.07 Å². The molecule has 0 aliphatic heterocycles. The van der Waals surface area contributed by atoms with Gasteiger partial charge in [0.1, 0.15) is 11.1 Å². The number of aromatic nitrogens is 1. The molecule has 0 saturated heterocycles. The fourth-order valence-electron chi connectivity index (χ4n) is 1.89. The lowest BCUT2D eigenvalue weighted by molar-refractivity contribution is -0.384. The van der Waals surface area contributed by atoms with Gasteiger partial charge in [-0.05, 0) is 18.9 Å². The monoisotopic (exact) mass is 287 g/mol. The third kappa shape index (κ3) is 1.95. The summed E-state index contributed by atoms with van der Waals surface area (Å²) in [6.45, 7) is 0. The van der Waals surface area contributed by atoms with Crippen LogP contribution in [0.2, 0.25) is 0 Å². The summed E-state index contributed by atoms with van der Waals surface area (Å²) < 4.78 is 43.5. The van der Waals surface area contributed by atoms with Gasteiger partial charge in [-0.25, -0.2) is 0 Å². The van der Waals surface area contributed by atoms with Crippen molar-refractivity contribution in [2.45, 2.75) is 24.6 Å². The topological polar surface area (TPSA) is 81.2 Å². The molecular formula is C11H8F3N3O3. The number of alkyl halides is 3. The van der Waals surface area contributed by atoms with Crippen molar-refractivity contribution in [3.8, 4) is 0 Å². The van der Waals surface area contributed by atoms with Gasteiger partial charge >= 0.3 is 6.18 Å². The molecule has 0 radical (unpaired) electrons. The highest BCUT2D eigenvalue weighted by Crippen LogP contribution is 2.51. The lowest BCUT2D eigenvalue weighted by atomic mass is 10.3. The second-order valence-electron chi connectivity index (χ2n) is 4.63. The first-order valence-corrected chi connectivity index (χ1v) is 5.71. The minimum atomic E-state index is -4.39. The highest BCUT2D eigenvalue weighted by molar-refractivity contribution is 5.77. The maximum absolute atomic E-state index is 12.8. The summed E-state index contributed by atoms with van der Waals surface area (Å²) in [5.41, 5.74) is -1.87. The molecule has 1 aromatic heterocycles. The maximum atomic E-state index is 12.8. The van der Waals surface area contributed by atoms with E-state index in [1.165, 1.54) is 12.1 Å². The molecule has 3 rings (SSSR count). The van der Waals surface area contributed by atoms with Crippen molar-refractivity contribution in [3.63, 3.8) is 0 Å². The van der Waals surface area contributed by atoms with Crippen LogP contribution in [0.15, 0.2) is 22.6 Å². The molecule has 1 aromatic carbocycles. The predicted octanol–water partition coefficient (Wildman–Crippen LogP) is 3.24. The molecule has 1 aliphatic carbocycles. The molecule has 0 bridgehead atoms. The van der Waals surface area contributed by atoms with Crippen LogP contribution in [-0.4, -0.2) is 21.6 Å². The first kappa shape index (κ1) is 12.7. The normalized spacial score (nSPS) is 17.1. The van der Waals surface area contributed by atoms with E-state index >= 15 is 0 Å². The summed E-state index contributed by atoms with van der Waals surface area (Å²) in [4.78, 5) is 13.8. The second-order valence-corrected chi connectivity index (χ2v) is 4.63. The molecule has 2 aromatic rings. The highest BCUT2D eigenvalue weighted by atomic mass is 19.4. The molecular weight excluding hydrogens is 279 g/mol. The van der Waals surface area contributed by atoms with Crippen molar-refractivity contribution < 1.29 is 22.5 Å².